The predicted octanol–water partition coefficient (Wildman–Crippen LogP) is 3.48. The number of alkyl halides is 3. The summed E-state index contributed by atoms with van der Waals surface area (Å²) < 4.78 is 43.3. The lowest BCUT2D eigenvalue weighted by Crippen LogP contribution is -2.25. The molecule has 0 radical (unpaired) electrons. The van der Waals surface area contributed by atoms with E-state index >= 15 is 0 Å². The van der Waals surface area contributed by atoms with Crippen molar-refractivity contribution in [2.45, 2.75) is 13.1 Å². The molecule has 2 aliphatic rings. The molecule has 0 bridgehead atoms. The SMILES string of the molecule is Cc1cc(-n2nccn2)c(C#N)cc1NC(=O)c1cnn(C2=CC=CC3C(=O)N=CC=C23)c1C(F)(F)F. The molecule has 184 valence electrons. The van der Waals surface area contributed by atoms with Crippen LogP contribution in [-0.4, -0.2) is 42.8 Å². The number of aromatic nitrogens is 5. The lowest BCUT2D eigenvalue weighted by atomic mass is 9.89. The first-order chi connectivity index (χ1) is 17.7. The first-order valence-corrected chi connectivity index (χ1v) is 10.7. The second kappa shape index (κ2) is 8.83. The molecule has 13 heteroatoms. The van der Waals surface area contributed by atoms with Crippen molar-refractivity contribution in [3.8, 4) is 11.8 Å². The number of anilines is 1. The van der Waals surface area contributed by atoms with Crippen molar-refractivity contribution in [3.05, 3.63) is 83.0 Å². The number of nitriles is 1. The summed E-state index contributed by atoms with van der Waals surface area (Å²) >= 11 is 0. The number of allylic oxidation sites excluding steroid dienone is 4. The second-order valence-electron chi connectivity index (χ2n) is 8.04. The Kier molecular flexibility index (Phi) is 5.63. The molecule has 0 saturated carbocycles. The quantitative estimate of drug-likeness (QED) is 0.579. The Bertz CT molecular complexity index is 1600. The van der Waals surface area contributed by atoms with E-state index in [1.54, 1.807) is 6.92 Å². The Labute approximate surface area is 206 Å². The van der Waals surface area contributed by atoms with Gasteiger partial charge in [0.2, 0.25) is 0 Å². The molecule has 5 rings (SSSR count). The van der Waals surface area contributed by atoms with Gasteiger partial charge < -0.3 is 5.32 Å². The highest BCUT2D eigenvalue weighted by Crippen LogP contribution is 2.38. The van der Waals surface area contributed by atoms with Crippen LogP contribution in [0.4, 0.5) is 18.9 Å². The van der Waals surface area contributed by atoms with Crippen molar-refractivity contribution in [2.24, 2.45) is 10.9 Å². The molecule has 1 N–H and O–H groups in total. The smallest absolute Gasteiger partial charge is 0.322 e. The monoisotopic (exact) mass is 504 g/mol. The molecule has 0 saturated heterocycles. The molecular formula is C24H15F3N8O2. The van der Waals surface area contributed by atoms with Crippen molar-refractivity contribution in [1.82, 2.24) is 24.8 Å². The van der Waals surface area contributed by atoms with Crippen molar-refractivity contribution in [1.29, 1.82) is 5.26 Å². The summed E-state index contributed by atoms with van der Waals surface area (Å²) in [6.07, 6.45) is 5.70. The van der Waals surface area contributed by atoms with Gasteiger partial charge in [-0.1, -0.05) is 12.2 Å². The minimum absolute atomic E-state index is 0.00241. The van der Waals surface area contributed by atoms with Gasteiger partial charge in [-0.2, -0.15) is 38.5 Å². The van der Waals surface area contributed by atoms with Crippen molar-refractivity contribution in [3.63, 3.8) is 0 Å². The molecule has 1 aliphatic carbocycles. The van der Waals surface area contributed by atoms with Crippen LogP contribution in [0.5, 0.6) is 0 Å². The van der Waals surface area contributed by atoms with Crippen molar-refractivity contribution in [2.75, 3.05) is 5.32 Å². The lowest BCUT2D eigenvalue weighted by Gasteiger charge is -2.23. The van der Waals surface area contributed by atoms with Crippen LogP contribution in [0.15, 0.2) is 65.6 Å². The van der Waals surface area contributed by atoms with E-state index in [4.69, 9.17) is 0 Å². The second-order valence-corrected chi connectivity index (χ2v) is 8.04. The minimum Gasteiger partial charge on any atom is -0.322 e. The number of fused-ring (bicyclic) bond motifs is 1. The topological polar surface area (TPSA) is 131 Å². The van der Waals surface area contributed by atoms with E-state index in [0.29, 0.717) is 15.9 Å². The molecule has 1 aromatic carbocycles. The summed E-state index contributed by atoms with van der Waals surface area (Å²) in [7, 11) is 0. The van der Waals surface area contributed by atoms with Gasteiger partial charge in [0.05, 0.1) is 41.3 Å². The molecule has 0 fully saturated rings. The van der Waals surface area contributed by atoms with Gasteiger partial charge in [-0.3, -0.25) is 9.59 Å². The lowest BCUT2D eigenvalue weighted by molar-refractivity contribution is -0.143. The van der Waals surface area contributed by atoms with Crippen LogP contribution in [0.1, 0.15) is 27.2 Å². The number of nitrogens with one attached hydrogen (secondary N) is 1. The highest BCUT2D eigenvalue weighted by Gasteiger charge is 2.42. The van der Waals surface area contributed by atoms with Crippen molar-refractivity contribution >= 4 is 29.4 Å². The molecule has 1 atom stereocenters. The summed E-state index contributed by atoms with van der Waals surface area (Å²) in [5, 5.41) is 23.8. The van der Waals surface area contributed by atoms with Gasteiger partial charge in [0.25, 0.3) is 11.8 Å². The first kappa shape index (κ1) is 23.6. The molecule has 0 spiro atoms. The fourth-order valence-corrected chi connectivity index (χ4v) is 4.07. The maximum absolute atomic E-state index is 14.2. The molecule has 3 aromatic rings. The Balaban J connectivity index is 1.53. The van der Waals surface area contributed by atoms with E-state index in [9.17, 15) is 28.0 Å². The zero-order valence-electron chi connectivity index (χ0n) is 18.9. The zero-order valence-corrected chi connectivity index (χ0v) is 18.9. The molecule has 1 aliphatic heterocycles. The van der Waals surface area contributed by atoms with Crippen LogP contribution in [0.2, 0.25) is 0 Å². The van der Waals surface area contributed by atoms with Gasteiger partial charge in [-0.15, -0.1) is 0 Å². The highest BCUT2D eigenvalue weighted by molar-refractivity contribution is 6.06. The van der Waals surface area contributed by atoms with Gasteiger partial charge in [0.15, 0.2) is 5.69 Å². The van der Waals surface area contributed by atoms with Gasteiger partial charge in [0.1, 0.15) is 11.8 Å². The Morgan fingerprint density at radius 3 is 2.62 bits per heavy atom. The van der Waals surface area contributed by atoms with Gasteiger partial charge in [0, 0.05) is 11.9 Å². The van der Waals surface area contributed by atoms with Crippen LogP contribution in [0.3, 0.4) is 0 Å². The first-order valence-electron chi connectivity index (χ1n) is 10.7. The predicted molar refractivity (Wildman–Crippen MR) is 124 cm³/mol. The molecule has 37 heavy (non-hydrogen) atoms. The maximum atomic E-state index is 14.2. The number of rotatable bonds is 4. The van der Waals surface area contributed by atoms with Gasteiger partial charge in [-0.25, -0.2) is 9.67 Å². The maximum Gasteiger partial charge on any atom is 0.434 e. The normalized spacial score (nSPS) is 16.6. The van der Waals surface area contributed by atoms with Crippen molar-refractivity contribution < 1.29 is 22.8 Å². The number of aryl methyl sites for hydroxylation is 1. The Hall–Kier alpha value is -5.12. The average Bonchev–Trinajstić information content (AvgIpc) is 3.55. The van der Waals surface area contributed by atoms with E-state index in [0.717, 1.165) is 6.20 Å². The van der Waals surface area contributed by atoms with E-state index in [2.05, 4.69) is 25.6 Å². The van der Waals surface area contributed by atoms with E-state index in [1.165, 1.54) is 59.8 Å². The number of dihydropyridines is 1. The fourth-order valence-electron chi connectivity index (χ4n) is 4.07. The largest absolute Gasteiger partial charge is 0.434 e. The Morgan fingerprint density at radius 1 is 1.16 bits per heavy atom. The van der Waals surface area contributed by atoms with E-state index in [-0.39, 0.29) is 22.5 Å². The number of nitrogens with zero attached hydrogens (tertiary/aromatic N) is 7. The number of hydrogen-bond donors (Lipinski definition) is 1. The minimum atomic E-state index is -4.96. The zero-order chi connectivity index (χ0) is 26.3. The number of hydrogen-bond acceptors (Lipinski definition) is 6. The molecule has 2 amide bonds. The average molecular weight is 504 g/mol. The third-order valence-corrected chi connectivity index (χ3v) is 5.77. The number of amides is 2. The number of halogens is 3. The fraction of sp³-hybridized carbons (Fsp3) is 0.125. The number of carbonyl (C=O) groups is 2. The molecule has 2 aromatic heterocycles. The summed E-state index contributed by atoms with van der Waals surface area (Å²) in [6.45, 7) is 1.62. The van der Waals surface area contributed by atoms with Crippen LogP contribution in [0.25, 0.3) is 11.4 Å². The van der Waals surface area contributed by atoms with Crippen LogP contribution in [0, 0.1) is 24.2 Å². The standard InChI is InChI=1S/C24H15F3N8O2/c1-13-9-20(35-30-7-8-31-35)14(11-28)10-18(13)33-23(37)17-12-32-34(21(17)24(25,26)27)19-4-2-3-16-15(19)5-6-29-22(16)36/h2-10,12,16H,1H3,(H,33,37). The molecule has 3 heterocycles. The van der Waals surface area contributed by atoms with Gasteiger partial charge in [-0.05, 0) is 42.3 Å². The van der Waals surface area contributed by atoms with Gasteiger partial charge >= 0.3 is 6.18 Å². The number of benzene rings is 1. The highest BCUT2D eigenvalue weighted by atomic mass is 19.4. The van der Waals surface area contributed by atoms with Crippen LogP contribution >= 0.6 is 0 Å². The molecule has 1 unspecified atom stereocenters. The van der Waals surface area contributed by atoms with E-state index < -0.39 is 35.2 Å². The van der Waals surface area contributed by atoms with Crippen LogP contribution < -0.4 is 5.32 Å². The third kappa shape index (κ3) is 4.14. The number of aliphatic imine (C=N–C) groups is 1. The summed E-state index contributed by atoms with van der Waals surface area (Å²) in [5.41, 5.74) is -0.716. The third-order valence-electron chi connectivity index (χ3n) is 5.77. The summed E-state index contributed by atoms with van der Waals surface area (Å²) in [4.78, 5) is 30.1. The summed E-state index contributed by atoms with van der Waals surface area (Å²) in [5.74, 6) is -2.44. The number of carbonyl (C=O) groups excluding carboxylic acids is 2. The van der Waals surface area contributed by atoms with Crippen LogP contribution in [-0.2, 0) is 11.0 Å². The Morgan fingerprint density at radius 2 is 1.92 bits per heavy atom. The van der Waals surface area contributed by atoms with E-state index in [1.807, 2.05) is 6.07 Å². The molecule has 10 nitrogen and oxygen atoms in total. The molecular weight excluding hydrogens is 489 g/mol. The summed E-state index contributed by atoms with van der Waals surface area (Å²) in [6, 6.07) is 4.84.